The molecule has 14 heavy (non-hydrogen) atoms. The Morgan fingerprint density at radius 3 is 2.57 bits per heavy atom. The number of amides is 2. The Balaban J connectivity index is 2.69. The first-order valence-corrected chi connectivity index (χ1v) is 4.93. The molecule has 1 fully saturated rings. The van der Waals surface area contributed by atoms with Gasteiger partial charge in [0.05, 0.1) is 5.71 Å². The zero-order chi connectivity index (χ0) is 10.6. The van der Waals surface area contributed by atoms with Crippen LogP contribution in [0, 0.1) is 0 Å². The van der Waals surface area contributed by atoms with Crippen LogP contribution in [0.15, 0.2) is 5.10 Å². The zero-order valence-corrected chi connectivity index (χ0v) is 8.42. The summed E-state index contributed by atoms with van der Waals surface area (Å²) >= 11 is 0. The van der Waals surface area contributed by atoms with Crippen molar-refractivity contribution in [3.05, 3.63) is 0 Å². The molecule has 0 saturated heterocycles. The number of hydrazone groups is 1. The van der Waals surface area contributed by atoms with Crippen LogP contribution in [0.25, 0.3) is 0 Å². The lowest BCUT2D eigenvalue weighted by Gasteiger charge is -2.23. The Morgan fingerprint density at radius 2 is 2.14 bits per heavy atom. The first kappa shape index (κ1) is 11.0. The molecular weight excluding hydrogens is 182 g/mol. The molecule has 2 amide bonds. The van der Waals surface area contributed by atoms with Gasteiger partial charge in [0.2, 0.25) is 0 Å². The fourth-order valence-corrected chi connectivity index (χ4v) is 1.88. The molecule has 0 atom stereocenters. The van der Waals surface area contributed by atoms with Gasteiger partial charge >= 0.3 is 6.03 Å². The number of nitrogens with two attached hydrogens (primary N) is 1. The normalized spacial score (nSPS) is 20.9. The van der Waals surface area contributed by atoms with Gasteiger partial charge in [-0.15, -0.1) is 0 Å². The average Bonchev–Trinajstić information content (AvgIpc) is 2.53. The van der Waals surface area contributed by atoms with Gasteiger partial charge in [-0.25, -0.2) is 10.2 Å². The molecule has 0 radical (unpaired) electrons. The summed E-state index contributed by atoms with van der Waals surface area (Å²) in [5.74, 6) is 0. The van der Waals surface area contributed by atoms with Crippen LogP contribution in [-0.4, -0.2) is 22.5 Å². The number of nitrogens with one attached hydrogen (secondary N) is 1. The van der Waals surface area contributed by atoms with Crippen molar-refractivity contribution in [2.24, 2.45) is 10.8 Å². The van der Waals surface area contributed by atoms with Gasteiger partial charge in [0.15, 0.2) is 0 Å². The second kappa shape index (κ2) is 4.41. The van der Waals surface area contributed by atoms with E-state index in [-0.39, 0.29) is 0 Å². The summed E-state index contributed by atoms with van der Waals surface area (Å²) in [6.45, 7) is 1.90. The van der Waals surface area contributed by atoms with Gasteiger partial charge < -0.3 is 10.8 Å². The van der Waals surface area contributed by atoms with Crippen molar-refractivity contribution in [1.29, 1.82) is 0 Å². The van der Waals surface area contributed by atoms with Gasteiger partial charge in [-0.05, 0) is 19.3 Å². The van der Waals surface area contributed by atoms with E-state index in [0.717, 1.165) is 25.7 Å². The molecule has 80 valence electrons. The second-order valence-electron chi connectivity index (χ2n) is 3.63. The number of carbonyl (C=O) groups is 1. The Morgan fingerprint density at radius 1 is 1.57 bits per heavy atom. The molecular formula is C9H17N3O2. The molecule has 0 aromatic carbocycles. The monoisotopic (exact) mass is 199 g/mol. The standard InChI is InChI=1S/C9H17N3O2/c1-2-7(11-12-8(10)13)9(14)5-3-4-6-9/h14H,2-6H2,1H3,(H3,10,12,13)/b11-7+. The van der Waals surface area contributed by atoms with Gasteiger partial charge in [-0.2, -0.15) is 5.10 Å². The molecule has 0 heterocycles. The van der Waals surface area contributed by atoms with Crippen LogP contribution in [-0.2, 0) is 0 Å². The Hall–Kier alpha value is -1.10. The van der Waals surface area contributed by atoms with Crippen LogP contribution in [0.4, 0.5) is 4.79 Å². The van der Waals surface area contributed by atoms with Gasteiger partial charge in [-0.3, -0.25) is 0 Å². The largest absolute Gasteiger partial charge is 0.384 e. The average molecular weight is 199 g/mol. The number of hydrogen-bond acceptors (Lipinski definition) is 3. The number of rotatable bonds is 3. The van der Waals surface area contributed by atoms with E-state index in [0.29, 0.717) is 12.1 Å². The first-order valence-electron chi connectivity index (χ1n) is 4.93. The molecule has 0 unspecified atom stereocenters. The third-order valence-corrected chi connectivity index (χ3v) is 2.60. The van der Waals surface area contributed by atoms with Crippen molar-refractivity contribution in [3.63, 3.8) is 0 Å². The predicted molar refractivity (Wildman–Crippen MR) is 53.9 cm³/mol. The van der Waals surface area contributed by atoms with E-state index in [2.05, 4.69) is 10.5 Å². The number of nitrogens with zero attached hydrogens (tertiary/aromatic N) is 1. The van der Waals surface area contributed by atoms with E-state index in [4.69, 9.17) is 5.73 Å². The maximum absolute atomic E-state index is 10.5. The summed E-state index contributed by atoms with van der Waals surface area (Å²) in [6, 6.07) is -0.697. The molecule has 1 saturated carbocycles. The summed E-state index contributed by atoms with van der Waals surface area (Å²) in [5.41, 5.74) is 6.86. The number of aliphatic hydroxyl groups is 1. The third-order valence-electron chi connectivity index (χ3n) is 2.60. The molecule has 5 heteroatoms. The van der Waals surface area contributed by atoms with E-state index in [1.165, 1.54) is 0 Å². The third kappa shape index (κ3) is 2.45. The van der Waals surface area contributed by atoms with Crippen molar-refractivity contribution in [3.8, 4) is 0 Å². The van der Waals surface area contributed by atoms with Crippen molar-refractivity contribution >= 4 is 11.7 Å². The molecule has 0 aromatic heterocycles. The molecule has 0 aliphatic heterocycles. The predicted octanol–water partition coefficient (Wildman–Crippen LogP) is 0.726. The van der Waals surface area contributed by atoms with Gasteiger partial charge in [0.25, 0.3) is 0 Å². The lowest BCUT2D eigenvalue weighted by atomic mass is 9.94. The second-order valence-corrected chi connectivity index (χ2v) is 3.63. The Labute approximate surface area is 83.4 Å². The first-order chi connectivity index (χ1) is 6.58. The van der Waals surface area contributed by atoms with E-state index in [9.17, 15) is 9.90 Å². The molecule has 0 bridgehead atoms. The summed E-state index contributed by atoms with van der Waals surface area (Å²) in [5, 5.41) is 14.0. The van der Waals surface area contributed by atoms with E-state index >= 15 is 0 Å². The number of urea groups is 1. The maximum Gasteiger partial charge on any atom is 0.332 e. The molecule has 0 aromatic rings. The van der Waals surface area contributed by atoms with Crippen LogP contribution in [0.2, 0.25) is 0 Å². The summed E-state index contributed by atoms with van der Waals surface area (Å²) in [7, 11) is 0. The maximum atomic E-state index is 10.5. The summed E-state index contributed by atoms with van der Waals surface area (Å²) in [4.78, 5) is 10.5. The van der Waals surface area contributed by atoms with Crippen molar-refractivity contribution in [2.75, 3.05) is 0 Å². The van der Waals surface area contributed by atoms with E-state index in [1.54, 1.807) is 0 Å². The van der Waals surface area contributed by atoms with Crippen LogP contribution < -0.4 is 11.2 Å². The molecule has 0 spiro atoms. The van der Waals surface area contributed by atoms with Crippen molar-refractivity contribution in [2.45, 2.75) is 44.6 Å². The molecule has 1 aliphatic carbocycles. The molecule has 1 aliphatic rings. The van der Waals surface area contributed by atoms with E-state index < -0.39 is 11.6 Å². The Kier molecular flexibility index (Phi) is 3.46. The quantitative estimate of drug-likeness (QED) is 0.462. The molecule has 1 rings (SSSR count). The smallest absolute Gasteiger partial charge is 0.332 e. The molecule has 4 N–H and O–H groups in total. The summed E-state index contributed by atoms with van der Waals surface area (Å²) in [6.07, 6.45) is 4.08. The highest BCUT2D eigenvalue weighted by Gasteiger charge is 2.35. The topological polar surface area (TPSA) is 87.7 Å². The highest BCUT2D eigenvalue weighted by Crippen LogP contribution is 2.31. The fraction of sp³-hybridized carbons (Fsp3) is 0.778. The number of primary amides is 1. The van der Waals surface area contributed by atoms with Crippen LogP contribution in [0.3, 0.4) is 0 Å². The van der Waals surface area contributed by atoms with E-state index in [1.807, 2.05) is 6.92 Å². The minimum atomic E-state index is -0.822. The summed E-state index contributed by atoms with van der Waals surface area (Å²) < 4.78 is 0. The minimum absolute atomic E-state index is 0.619. The Bertz CT molecular complexity index is 244. The molecule has 5 nitrogen and oxygen atoms in total. The SMILES string of the molecule is CC/C(=N\NC(N)=O)C1(O)CCCC1. The van der Waals surface area contributed by atoms with Gasteiger partial charge in [0.1, 0.15) is 5.60 Å². The van der Waals surface area contributed by atoms with Gasteiger partial charge in [-0.1, -0.05) is 19.8 Å². The van der Waals surface area contributed by atoms with Crippen LogP contribution in [0.1, 0.15) is 39.0 Å². The number of hydrogen-bond donors (Lipinski definition) is 3. The number of carbonyl (C=O) groups excluding carboxylic acids is 1. The lowest BCUT2D eigenvalue weighted by Crippen LogP contribution is -2.37. The minimum Gasteiger partial charge on any atom is -0.384 e. The van der Waals surface area contributed by atoms with Crippen molar-refractivity contribution < 1.29 is 9.90 Å². The highest BCUT2D eigenvalue weighted by atomic mass is 16.3. The van der Waals surface area contributed by atoms with Crippen LogP contribution in [0.5, 0.6) is 0 Å². The highest BCUT2D eigenvalue weighted by molar-refractivity contribution is 5.93. The lowest BCUT2D eigenvalue weighted by molar-refractivity contribution is 0.117. The zero-order valence-electron chi connectivity index (χ0n) is 8.42. The van der Waals surface area contributed by atoms with Crippen molar-refractivity contribution in [1.82, 2.24) is 5.43 Å². The van der Waals surface area contributed by atoms with Gasteiger partial charge in [0, 0.05) is 0 Å². The fourth-order valence-electron chi connectivity index (χ4n) is 1.88. The van der Waals surface area contributed by atoms with Crippen LogP contribution >= 0.6 is 0 Å².